The number of esters is 1. The average Bonchev–Trinajstić information content (AvgIpc) is 2.70. The lowest BCUT2D eigenvalue weighted by atomic mass is 10.1. The summed E-state index contributed by atoms with van der Waals surface area (Å²) in [4.78, 5) is 35.7. The normalized spacial score (nSPS) is 11.8. The fraction of sp³-hybridized carbons (Fsp3) is 0.261. The van der Waals surface area contributed by atoms with E-state index in [-0.39, 0.29) is 18.8 Å². The second-order valence-electron chi connectivity index (χ2n) is 6.72. The highest BCUT2D eigenvalue weighted by Crippen LogP contribution is 2.22. The zero-order valence-electron chi connectivity index (χ0n) is 16.3. The van der Waals surface area contributed by atoms with Crippen LogP contribution < -0.4 is 10.4 Å². The summed E-state index contributed by atoms with van der Waals surface area (Å²) in [7, 11) is 0. The molecule has 0 radical (unpaired) electrons. The van der Waals surface area contributed by atoms with Gasteiger partial charge in [-0.1, -0.05) is 30.3 Å². The number of benzene rings is 2. The number of Topliss-reactive ketones (excluding diaryl/α,β-unsaturated/α-hetero) is 1. The summed E-state index contributed by atoms with van der Waals surface area (Å²) >= 11 is 0. The molecule has 1 aromatic heterocycles. The first-order chi connectivity index (χ1) is 13.9. The molecule has 3 rings (SSSR count). The van der Waals surface area contributed by atoms with Crippen molar-refractivity contribution >= 4 is 22.7 Å². The molecule has 0 saturated carbocycles. The van der Waals surface area contributed by atoms with E-state index in [0.717, 1.165) is 10.9 Å². The van der Waals surface area contributed by atoms with Gasteiger partial charge in [0.2, 0.25) is 5.78 Å². The van der Waals surface area contributed by atoms with Crippen molar-refractivity contribution in [2.24, 2.45) is 0 Å². The predicted octanol–water partition coefficient (Wildman–Crippen LogP) is 4.08. The van der Waals surface area contributed by atoms with Crippen LogP contribution in [0.5, 0.6) is 5.75 Å². The fourth-order valence-electron chi connectivity index (χ4n) is 2.95. The Hall–Kier alpha value is -3.41. The highest BCUT2D eigenvalue weighted by Gasteiger charge is 2.19. The van der Waals surface area contributed by atoms with Gasteiger partial charge in [0.05, 0.1) is 6.61 Å². The zero-order valence-corrected chi connectivity index (χ0v) is 16.3. The minimum absolute atomic E-state index is 0.133. The average molecular weight is 394 g/mol. The smallest absolute Gasteiger partial charge is 0.336 e. The van der Waals surface area contributed by atoms with Crippen LogP contribution >= 0.6 is 0 Å². The van der Waals surface area contributed by atoms with Crippen molar-refractivity contribution in [2.75, 3.05) is 6.61 Å². The second-order valence-corrected chi connectivity index (χ2v) is 6.72. The summed E-state index contributed by atoms with van der Waals surface area (Å²) in [6, 6.07) is 15.4. The molecule has 1 heterocycles. The van der Waals surface area contributed by atoms with Crippen LogP contribution in [0.4, 0.5) is 0 Å². The molecule has 0 saturated heterocycles. The van der Waals surface area contributed by atoms with Crippen molar-refractivity contribution in [2.45, 2.75) is 32.8 Å². The first-order valence-electron chi connectivity index (χ1n) is 9.40. The molecule has 2 aromatic carbocycles. The molecule has 0 aliphatic rings. The summed E-state index contributed by atoms with van der Waals surface area (Å²) in [5.74, 6) is -0.138. The molecule has 0 bridgehead atoms. The van der Waals surface area contributed by atoms with Gasteiger partial charge in [0, 0.05) is 29.5 Å². The SMILES string of the molecule is Cc1cc(=O)oc2cc(OCCCC(=O)OC(C)C(=O)c3ccccc3)ccc12. The number of carbonyl (C=O) groups excluding carboxylic acids is 2. The van der Waals surface area contributed by atoms with Crippen LogP contribution in [0, 0.1) is 6.92 Å². The summed E-state index contributed by atoms with van der Waals surface area (Å²) < 4.78 is 16.0. The first-order valence-corrected chi connectivity index (χ1v) is 9.40. The highest BCUT2D eigenvalue weighted by atomic mass is 16.5. The number of hydrogen-bond acceptors (Lipinski definition) is 6. The van der Waals surface area contributed by atoms with Crippen molar-refractivity contribution in [1.29, 1.82) is 0 Å². The van der Waals surface area contributed by atoms with Gasteiger partial charge in [-0.15, -0.1) is 0 Å². The predicted molar refractivity (Wildman–Crippen MR) is 108 cm³/mol. The quantitative estimate of drug-likeness (QED) is 0.248. The fourth-order valence-corrected chi connectivity index (χ4v) is 2.95. The first kappa shape index (κ1) is 20.3. The van der Waals surface area contributed by atoms with E-state index >= 15 is 0 Å². The van der Waals surface area contributed by atoms with Gasteiger partial charge in [-0.05, 0) is 38.0 Å². The summed E-state index contributed by atoms with van der Waals surface area (Å²) in [5.41, 5.74) is 1.40. The molecule has 1 unspecified atom stereocenters. The van der Waals surface area contributed by atoms with E-state index in [1.807, 2.05) is 19.1 Å². The van der Waals surface area contributed by atoms with Crippen molar-refractivity contribution in [3.05, 3.63) is 76.1 Å². The molecule has 0 N–H and O–H groups in total. The number of hydrogen-bond donors (Lipinski definition) is 0. The van der Waals surface area contributed by atoms with E-state index in [0.29, 0.717) is 23.3 Å². The van der Waals surface area contributed by atoms with Crippen molar-refractivity contribution in [3.8, 4) is 5.75 Å². The number of rotatable bonds is 8. The maximum atomic E-state index is 12.2. The summed E-state index contributed by atoms with van der Waals surface area (Å²) in [6.45, 7) is 3.70. The second kappa shape index (κ2) is 9.19. The van der Waals surface area contributed by atoms with Crippen molar-refractivity contribution in [3.63, 3.8) is 0 Å². The van der Waals surface area contributed by atoms with Gasteiger partial charge in [-0.3, -0.25) is 9.59 Å². The van der Waals surface area contributed by atoms with Gasteiger partial charge in [0.1, 0.15) is 11.3 Å². The molecule has 29 heavy (non-hydrogen) atoms. The zero-order chi connectivity index (χ0) is 20.8. The van der Waals surface area contributed by atoms with E-state index < -0.39 is 17.7 Å². The Bertz CT molecular complexity index is 1070. The van der Waals surface area contributed by atoms with Crippen LogP contribution in [0.25, 0.3) is 11.0 Å². The largest absolute Gasteiger partial charge is 0.493 e. The Morgan fingerprint density at radius 3 is 2.59 bits per heavy atom. The molecule has 3 aromatic rings. The molecule has 6 heteroatoms. The molecule has 0 spiro atoms. The molecule has 0 aliphatic carbocycles. The number of ether oxygens (including phenoxy) is 2. The van der Waals surface area contributed by atoms with Gasteiger partial charge in [0.15, 0.2) is 6.10 Å². The third kappa shape index (κ3) is 5.31. The third-order valence-electron chi connectivity index (χ3n) is 4.45. The lowest BCUT2D eigenvalue weighted by molar-refractivity contribution is -0.146. The molecule has 1 atom stereocenters. The number of ketones is 1. The van der Waals surface area contributed by atoms with Crippen LogP contribution in [0.1, 0.15) is 35.7 Å². The van der Waals surface area contributed by atoms with E-state index in [4.69, 9.17) is 13.9 Å². The maximum absolute atomic E-state index is 12.2. The lowest BCUT2D eigenvalue weighted by Gasteiger charge is -2.12. The van der Waals surface area contributed by atoms with E-state index in [1.54, 1.807) is 43.3 Å². The van der Waals surface area contributed by atoms with Gasteiger partial charge in [0.25, 0.3) is 0 Å². The minimum Gasteiger partial charge on any atom is -0.493 e. The molecule has 0 fully saturated rings. The molecule has 6 nitrogen and oxygen atoms in total. The van der Waals surface area contributed by atoms with E-state index in [1.165, 1.54) is 6.07 Å². The minimum atomic E-state index is -0.836. The molecular weight excluding hydrogens is 372 g/mol. The van der Waals surface area contributed by atoms with Crippen molar-refractivity contribution < 1.29 is 23.5 Å². The van der Waals surface area contributed by atoms with E-state index in [2.05, 4.69) is 0 Å². The standard InChI is InChI=1S/C23H22O6/c1-15-13-22(25)29-20-14-18(10-11-19(15)20)27-12-6-9-21(24)28-16(2)23(26)17-7-4-3-5-8-17/h3-5,7-8,10-11,13-14,16H,6,9,12H2,1-2H3. The topological polar surface area (TPSA) is 82.8 Å². The highest BCUT2D eigenvalue weighted by molar-refractivity contribution is 6.00. The Kier molecular flexibility index (Phi) is 6.44. The number of fused-ring (bicyclic) bond motifs is 1. The van der Waals surface area contributed by atoms with Crippen LogP contribution in [0.2, 0.25) is 0 Å². The molecule has 150 valence electrons. The van der Waals surface area contributed by atoms with Crippen LogP contribution in [-0.4, -0.2) is 24.5 Å². The van der Waals surface area contributed by atoms with Gasteiger partial charge in [-0.25, -0.2) is 4.79 Å². The van der Waals surface area contributed by atoms with Crippen LogP contribution in [0.15, 0.2) is 63.8 Å². The monoisotopic (exact) mass is 394 g/mol. The molecule has 0 aliphatic heterocycles. The lowest BCUT2D eigenvalue weighted by Crippen LogP contribution is -2.24. The summed E-state index contributed by atoms with van der Waals surface area (Å²) in [5, 5.41) is 0.845. The van der Waals surface area contributed by atoms with Crippen molar-refractivity contribution in [1.82, 2.24) is 0 Å². The summed E-state index contributed by atoms with van der Waals surface area (Å²) in [6.07, 6.45) is -0.271. The molecular formula is C23H22O6. The van der Waals surface area contributed by atoms with Crippen LogP contribution in [-0.2, 0) is 9.53 Å². The maximum Gasteiger partial charge on any atom is 0.336 e. The Morgan fingerprint density at radius 1 is 1.07 bits per heavy atom. The number of carbonyl (C=O) groups is 2. The van der Waals surface area contributed by atoms with Gasteiger partial charge < -0.3 is 13.9 Å². The van der Waals surface area contributed by atoms with E-state index in [9.17, 15) is 14.4 Å². The number of aryl methyl sites for hydroxylation is 1. The molecule has 0 amide bonds. The van der Waals surface area contributed by atoms with Gasteiger partial charge in [-0.2, -0.15) is 0 Å². The van der Waals surface area contributed by atoms with Crippen LogP contribution in [0.3, 0.4) is 0 Å². The Morgan fingerprint density at radius 2 is 1.83 bits per heavy atom. The Balaban J connectivity index is 1.46. The third-order valence-corrected chi connectivity index (χ3v) is 4.45. The Labute approximate surface area is 168 Å². The van der Waals surface area contributed by atoms with Gasteiger partial charge >= 0.3 is 11.6 Å².